The van der Waals surface area contributed by atoms with E-state index in [1.54, 1.807) is 18.2 Å². The van der Waals surface area contributed by atoms with Crippen LogP contribution in [-0.2, 0) is 0 Å². The largest absolute Gasteiger partial charge is 0.495 e. The Morgan fingerprint density at radius 2 is 2.14 bits per heavy atom. The molecule has 0 atom stereocenters. The van der Waals surface area contributed by atoms with E-state index in [1.807, 2.05) is 6.07 Å². The molecule has 0 aromatic heterocycles. The van der Waals surface area contributed by atoms with E-state index in [2.05, 4.69) is 5.32 Å². The Hall–Kier alpha value is -3.20. The van der Waals surface area contributed by atoms with E-state index in [4.69, 9.17) is 20.8 Å². The maximum absolute atomic E-state index is 11.0. The van der Waals surface area contributed by atoms with Crippen molar-refractivity contribution in [2.24, 2.45) is 0 Å². The first-order valence-electron chi connectivity index (χ1n) is 6.03. The summed E-state index contributed by atoms with van der Waals surface area (Å²) in [6.45, 7) is 0. The molecule has 106 valence electrons. The van der Waals surface area contributed by atoms with Gasteiger partial charge in [-0.25, -0.2) is 4.79 Å². The third-order valence-electron chi connectivity index (χ3n) is 2.93. The SMILES string of the molecule is COc1cccc(C#N)c1Nc1cc(C(=O)O)ccc1N. The van der Waals surface area contributed by atoms with E-state index in [0.29, 0.717) is 28.4 Å². The number of methoxy groups -OCH3 is 1. The molecular weight excluding hydrogens is 270 g/mol. The molecule has 2 rings (SSSR count). The van der Waals surface area contributed by atoms with Crippen LogP contribution in [0.3, 0.4) is 0 Å². The molecule has 0 aliphatic rings. The highest BCUT2D eigenvalue weighted by Gasteiger charge is 2.12. The second-order valence-electron chi connectivity index (χ2n) is 4.23. The van der Waals surface area contributed by atoms with Gasteiger partial charge in [0, 0.05) is 0 Å². The van der Waals surface area contributed by atoms with Crippen molar-refractivity contribution in [3.63, 3.8) is 0 Å². The van der Waals surface area contributed by atoms with Crippen LogP contribution in [0, 0.1) is 11.3 Å². The van der Waals surface area contributed by atoms with Crippen LogP contribution in [-0.4, -0.2) is 18.2 Å². The number of rotatable bonds is 4. The Morgan fingerprint density at radius 3 is 2.76 bits per heavy atom. The number of nitrogen functional groups attached to an aromatic ring is 1. The second-order valence-corrected chi connectivity index (χ2v) is 4.23. The molecule has 0 heterocycles. The number of nitrogens with one attached hydrogen (secondary N) is 1. The van der Waals surface area contributed by atoms with E-state index in [9.17, 15) is 4.79 Å². The summed E-state index contributed by atoms with van der Waals surface area (Å²) >= 11 is 0. The number of benzene rings is 2. The van der Waals surface area contributed by atoms with Gasteiger partial charge in [-0.2, -0.15) is 5.26 Å². The first-order valence-corrected chi connectivity index (χ1v) is 6.03. The van der Waals surface area contributed by atoms with Gasteiger partial charge in [0.25, 0.3) is 0 Å². The predicted molar refractivity (Wildman–Crippen MR) is 78.8 cm³/mol. The number of hydrogen-bond acceptors (Lipinski definition) is 5. The zero-order chi connectivity index (χ0) is 15.4. The number of aromatic carboxylic acids is 1. The Bertz CT molecular complexity index is 735. The molecule has 0 aliphatic heterocycles. The second kappa shape index (κ2) is 5.84. The van der Waals surface area contributed by atoms with Gasteiger partial charge in [-0.15, -0.1) is 0 Å². The highest BCUT2D eigenvalue weighted by molar-refractivity contribution is 5.91. The average Bonchev–Trinajstić information content (AvgIpc) is 2.49. The van der Waals surface area contributed by atoms with Crippen LogP contribution in [0.4, 0.5) is 17.1 Å². The molecule has 2 aromatic carbocycles. The standard InChI is InChI=1S/C15H13N3O3/c1-21-13-4-2-3-10(8-16)14(13)18-12-7-9(15(19)20)5-6-11(12)17/h2-7,18H,17H2,1H3,(H,19,20). The van der Waals surface area contributed by atoms with Crippen molar-refractivity contribution in [2.45, 2.75) is 0 Å². The third-order valence-corrected chi connectivity index (χ3v) is 2.93. The number of carboxylic acid groups (broad SMARTS) is 1. The molecule has 21 heavy (non-hydrogen) atoms. The van der Waals surface area contributed by atoms with Crippen LogP contribution >= 0.6 is 0 Å². The van der Waals surface area contributed by atoms with Crippen molar-refractivity contribution in [1.82, 2.24) is 0 Å². The molecule has 0 bridgehead atoms. The Balaban J connectivity index is 2.50. The molecule has 0 spiro atoms. The van der Waals surface area contributed by atoms with Crippen molar-refractivity contribution in [3.05, 3.63) is 47.5 Å². The van der Waals surface area contributed by atoms with Crippen LogP contribution in [0.5, 0.6) is 5.75 Å². The minimum atomic E-state index is -1.06. The number of ether oxygens (including phenoxy) is 1. The molecule has 0 saturated heterocycles. The van der Waals surface area contributed by atoms with E-state index >= 15 is 0 Å². The Kier molecular flexibility index (Phi) is 3.95. The van der Waals surface area contributed by atoms with Gasteiger partial charge in [-0.1, -0.05) is 6.07 Å². The zero-order valence-corrected chi connectivity index (χ0v) is 11.3. The number of nitriles is 1. The molecule has 6 heteroatoms. The van der Waals surface area contributed by atoms with Gasteiger partial charge in [0.2, 0.25) is 0 Å². The molecule has 2 aromatic rings. The van der Waals surface area contributed by atoms with Crippen LogP contribution in [0.1, 0.15) is 15.9 Å². The fourth-order valence-electron chi connectivity index (χ4n) is 1.86. The summed E-state index contributed by atoms with van der Waals surface area (Å²) in [7, 11) is 1.48. The number of carbonyl (C=O) groups is 1. The molecule has 0 unspecified atom stereocenters. The van der Waals surface area contributed by atoms with Gasteiger partial charge in [-0.05, 0) is 30.3 Å². The zero-order valence-electron chi connectivity index (χ0n) is 11.3. The fourth-order valence-corrected chi connectivity index (χ4v) is 1.86. The lowest BCUT2D eigenvalue weighted by Crippen LogP contribution is -2.03. The normalized spacial score (nSPS) is 9.71. The van der Waals surface area contributed by atoms with E-state index in [0.717, 1.165) is 0 Å². The highest BCUT2D eigenvalue weighted by Crippen LogP contribution is 2.33. The number of hydrogen-bond donors (Lipinski definition) is 3. The van der Waals surface area contributed by atoms with E-state index in [1.165, 1.54) is 25.3 Å². The van der Waals surface area contributed by atoms with Crippen LogP contribution in [0.2, 0.25) is 0 Å². The van der Waals surface area contributed by atoms with E-state index in [-0.39, 0.29) is 5.56 Å². The lowest BCUT2D eigenvalue weighted by Gasteiger charge is -2.14. The van der Waals surface area contributed by atoms with Gasteiger partial charge >= 0.3 is 5.97 Å². The van der Waals surface area contributed by atoms with Gasteiger partial charge in [0.1, 0.15) is 11.8 Å². The molecular formula is C15H13N3O3. The minimum absolute atomic E-state index is 0.0973. The molecule has 6 nitrogen and oxygen atoms in total. The van der Waals surface area contributed by atoms with E-state index < -0.39 is 5.97 Å². The van der Waals surface area contributed by atoms with Crippen molar-refractivity contribution < 1.29 is 14.6 Å². The van der Waals surface area contributed by atoms with Crippen molar-refractivity contribution >= 4 is 23.0 Å². The quantitative estimate of drug-likeness (QED) is 0.744. The number of carboxylic acids is 1. The molecule has 0 amide bonds. The molecule has 0 aliphatic carbocycles. The lowest BCUT2D eigenvalue weighted by molar-refractivity contribution is 0.0697. The highest BCUT2D eigenvalue weighted by atomic mass is 16.5. The number of nitrogens with zero attached hydrogens (tertiary/aromatic N) is 1. The monoisotopic (exact) mass is 283 g/mol. The predicted octanol–water partition coefficient (Wildman–Crippen LogP) is 2.59. The topological polar surface area (TPSA) is 108 Å². The summed E-state index contributed by atoms with van der Waals surface area (Å²) in [6, 6.07) is 11.4. The summed E-state index contributed by atoms with van der Waals surface area (Å²) in [4.78, 5) is 11.0. The van der Waals surface area contributed by atoms with Crippen molar-refractivity contribution in [2.75, 3.05) is 18.2 Å². The summed E-state index contributed by atoms with van der Waals surface area (Å²) < 4.78 is 5.21. The first-order chi connectivity index (χ1) is 10.1. The molecule has 4 N–H and O–H groups in total. The lowest BCUT2D eigenvalue weighted by atomic mass is 10.1. The van der Waals surface area contributed by atoms with Gasteiger partial charge < -0.3 is 20.9 Å². The van der Waals surface area contributed by atoms with Crippen molar-refractivity contribution in [3.8, 4) is 11.8 Å². The summed E-state index contributed by atoms with van der Waals surface area (Å²) in [5, 5.41) is 21.2. The molecule has 0 radical (unpaired) electrons. The average molecular weight is 283 g/mol. The molecule has 0 saturated carbocycles. The number of para-hydroxylation sites is 1. The Labute approximate surface area is 121 Å². The van der Waals surface area contributed by atoms with Crippen LogP contribution < -0.4 is 15.8 Å². The summed E-state index contributed by atoms with van der Waals surface area (Å²) in [6.07, 6.45) is 0. The van der Waals surface area contributed by atoms with Crippen molar-refractivity contribution in [1.29, 1.82) is 5.26 Å². The first kappa shape index (κ1) is 14.2. The van der Waals surface area contributed by atoms with Crippen LogP contribution in [0.15, 0.2) is 36.4 Å². The maximum Gasteiger partial charge on any atom is 0.335 e. The third kappa shape index (κ3) is 2.87. The smallest absolute Gasteiger partial charge is 0.335 e. The summed E-state index contributed by atoms with van der Waals surface area (Å²) in [5.41, 5.74) is 7.52. The van der Waals surface area contributed by atoms with Gasteiger partial charge in [-0.3, -0.25) is 0 Å². The Morgan fingerprint density at radius 1 is 1.38 bits per heavy atom. The minimum Gasteiger partial charge on any atom is -0.495 e. The maximum atomic E-state index is 11.0. The molecule has 0 fully saturated rings. The van der Waals surface area contributed by atoms with Gasteiger partial charge in [0.15, 0.2) is 0 Å². The van der Waals surface area contributed by atoms with Crippen LogP contribution in [0.25, 0.3) is 0 Å². The number of anilines is 3. The summed E-state index contributed by atoms with van der Waals surface area (Å²) in [5.74, 6) is -0.590. The number of nitrogens with two attached hydrogens (primary N) is 1. The van der Waals surface area contributed by atoms with Gasteiger partial charge in [0.05, 0.1) is 35.3 Å². The fraction of sp³-hybridized carbons (Fsp3) is 0.0667.